The monoisotopic (exact) mass is 300 g/mol. The zero-order chi connectivity index (χ0) is 13.1. The van der Waals surface area contributed by atoms with E-state index in [0.717, 1.165) is 10.9 Å². The lowest BCUT2D eigenvalue weighted by molar-refractivity contribution is 0.426. The summed E-state index contributed by atoms with van der Waals surface area (Å²) < 4.78 is 10.4. The normalized spacial score (nSPS) is 10.6. The Morgan fingerprint density at radius 2 is 2.28 bits per heavy atom. The molecule has 2 rings (SSSR count). The van der Waals surface area contributed by atoms with Gasteiger partial charge in [0.05, 0.1) is 7.11 Å². The Balaban J connectivity index is 2.44. The number of ether oxygens (including phenoxy) is 1. The average molecular weight is 301 g/mol. The van der Waals surface area contributed by atoms with Crippen molar-refractivity contribution >= 4 is 50.9 Å². The number of fused-ring (bicyclic) bond motifs is 1. The summed E-state index contributed by atoms with van der Waals surface area (Å²) in [6, 6.07) is 6.58. The molecule has 0 aliphatic carbocycles. The van der Waals surface area contributed by atoms with Crippen molar-refractivity contribution in [1.82, 2.24) is 0 Å². The Labute approximate surface area is 118 Å². The van der Waals surface area contributed by atoms with E-state index in [1.165, 1.54) is 24.9 Å². The summed E-state index contributed by atoms with van der Waals surface area (Å²) in [7, 11) is 1.52. The second-order valence-electron chi connectivity index (χ2n) is 3.47. The maximum Gasteiger partial charge on any atom is 0.336 e. The fraction of sp³-hybridized carbons (Fsp3) is 0.167. The van der Waals surface area contributed by atoms with Gasteiger partial charge < -0.3 is 9.15 Å². The molecular weight excluding hydrogens is 292 g/mol. The Kier molecular flexibility index (Phi) is 4.27. The van der Waals surface area contributed by atoms with Crippen LogP contribution in [0.3, 0.4) is 0 Å². The van der Waals surface area contributed by atoms with Gasteiger partial charge in [0.1, 0.15) is 5.58 Å². The van der Waals surface area contributed by atoms with Crippen molar-refractivity contribution in [2.75, 3.05) is 7.11 Å². The maximum absolute atomic E-state index is 11.4. The van der Waals surface area contributed by atoms with E-state index in [-0.39, 0.29) is 5.63 Å². The van der Waals surface area contributed by atoms with Crippen LogP contribution in [0.25, 0.3) is 11.0 Å². The van der Waals surface area contributed by atoms with Crippen LogP contribution in [0.2, 0.25) is 5.02 Å². The number of rotatable bonds is 2. The largest absolute Gasteiger partial charge is 0.482 e. The highest BCUT2D eigenvalue weighted by Gasteiger charge is 2.08. The highest BCUT2D eigenvalue weighted by molar-refractivity contribution is 8.22. The molecule has 0 saturated heterocycles. The van der Waals surface area contributed by atoms with Crippen molar-refractivity contribution < 1.29 is 9.15 Å². The van der Waals surface area contributed by atoms with Crippen LogP contribution in [0.4, 0.5) is 0 Å². The first-order chi connectivity index (χ1) is 8.60. The third-order valence-electron chi connectivity index (χ3n) is 2.30. The number of hydrogen-bond donors (Lipinski definition) is 0. The molecule has 6 heteroatoms. The number of halogens is 1. The predicted molar refractivity (Wildman–Crippen MR) is 78.4 cm³/mol. The second-order valence-corrected chi connectivity index (χ2v) is 5.49. The van der Waals surface area contributed by atoms with Gasteiger partial charge in [-0.15, -0.1) is 0 Å². The van der Waals surface area contributed by atoms with E-state index in [9.17, 15) is 4.79 Å². The Morgan fingerprint density at radius 3 is 3.00 bits per heavy atom. The number of thiocarbonyl (C=S) groups is 1. The summed E-state index contributed by atoms with van der Waals surface area (Å²) in [6.45, 7) is 0. The summed E-state index contributed by atoms with van der Waals surface area (Å²) >= 11 is 12.2. The summed E-state index contributed by atoms with van der Waals surface area (Å²) in [5, 5.41) is 1.41. The van der Waals surface area contributed by atoms with Gasteiger partial charge in [0.15, 0.2) is 0 Å². The van der Waals surface area contributed by atoms with Crippen LogP contribution in [0.15, 0.2) is 33.5 Å². The molecule has 0 N–H and O–H groups in total. The third kappa shape index (κ3) is 3.04. The molecule has 1 aromatic carbocycles. The Morgan fingerprint density at radius 1 is 1.50 bits per heavy atom. The second kappa shape index (κ2) is 5.73. The molecule has 0 spiro atoms. The van der Waals surface area contributed by atoms with Crippen LogP contribution in [0, 0.1) is 0 Å². The molecule has 3 nitrogen and oxygen atoms in total. The molecule has 0 aliphatic rings. The van der Waals surface area contributed by atoms with Gasteiger partial charge in [-0.3, -0.25) is 0 Å². The molecular formula is C12H9ClO3S2. The molecule has 0 radical (unpaired) electrons. The summed E-state index contributed by atoms with van der Waals surface area (Å²) in [5.74, 6) is 0.537. The summed E-state index contributed by atoms with van der Waals surface area (Å²) in [5.41, 5.74) is 0.961. The lowest BCUT2D eigenvalue weighted by Crippen LogP contribution is -2.01. The SMILES string of the molecule is COC(=S)SCc1cc(=O)oc2ccc(Cl)cc12. The van der Waals surface area contributed by atoms with Crippen molar-refractivity contribution in [1.29, 1.82) is 0 Å². The molecule has 0 atom stereocenters. The van der Waals surface area contributed by atoms with E-state index in [0.29, 0.717) is 20.7 Å². The zero-order valence-corrected chi connectivity index (χ0v) is 11.8. The summed E-state index contributed by atoms with van der Waals surface area (Å²) in [4.78, 5) is 11.4. The van der Waals surface area contributed by atoms with E-state index in [2.05, 4.69) is 0 Å². The molecule has 0 unspecified atom stereocenters. The molecule has 94 valence electrons. The lowest BCUT2D eigenvalue weighted by atomic mass is 10.1. The van der Waals surface area contributed by atoms with Gasteiger partial charge in [-0.2, -0.15) is 0 Å². The van der Waals surface area contributed by atoms with Crippen LogP contribution in [0.5, 0.6) is 0 Å². The number of benzene rings is 1. The van der Waals surface area contributed by atoms with Crippen LogP contribution < -0.4 is 5.63 Å². The van der Waals surface area contributed by atoms with E-state index in [4.69, 9.17) is 33.0 Å². The average Bonchev–Trinajstić information content (AvgIpc) is 2.36. The van der Waals surface area contributed by atoms with Crippen LogP contribution in [-0.2, 0) is 10.5 Å². The van der Waals surface area contributed by atoms with Gasteiger partial charge in [0, 0.05) is 22.2 Å². The predicted octanol–water partition coefficient (Wildman–Crippen LogP) is 3.61. The molecule has 0 amide bonds. The number of hydrogen-bond acceptors (Lipinski definition) is 5. The molecule has 18 heavy (non-hydrogen) atoms. The number of thioether (sulfide) groups is 1. The van der Waals surface area contributed by atoms with Crippen molar-refractivity contribution in [2.45, 2.75) is 5.75 Å². The van der Waals surface area contributed by atoms with Gasteiger partial charge in [0.2, 0.25) is 4.38 Å². The zero-order valence-electron chi connectivity index (χ0n) is 9.44. The highest BCUT2D eigenvalue weighted by Crippen LogP contribution is 2.25. The highest BCUT2D eigenvalue weighted by atomic mass is 35.5. The standard InChI is InChI=1S/C12H9ClO3S2/c1-15-12(17)18-6-7-4-11(14)16-10-3-2-8(13)5-9(7)10/h2-5H,6H2,1H3. The minimum absolute atomic E-state index is 0.385. The van der Waals surface area contributed by atoms with E-state index >= 15 is 0 Å². The van der Waals surface area contributed by atoms with Crippen LogP contribution >= 0.6 is 35.6 Å². The van der Waals surface area contributed by atoms with Crippen molar-refractivity contribution in [3.63, 3.8) is 0 Å². The van der Waals surface area contributed by atoms with Crippen molar-refractivity contribution in [3.05, 3.63) is 45.3 Å². The molecule has 0 bridgehead atoms. The van der Waals surface area contributed by atoms with E-state index < -0.39 is 0 Å². The van der Waals surface area contributed by atoms with Crippen LogP contribution in [-0.4, -0.2) is 11.5 Å². The first-order valence-corrected chi connectivity index (χ1v) is 6.80. The quantitative estimate of drug-likeness (QED) is 0.626. The fourth-order valence-corrected chi connectivity index (χ4v) is 2.49. The number of methoxy groups -OCH3 is 1. The van der Waals surface area contributed by atoms with E-state index in [1.54, 1.807) is 18.2 Å². The summed E-state index contributed by atoms with van der Waals surface area (Å²) in [6.07, 6.45) is 0. The molecule has 0 aliphatic heterocycles. The fourth-order valence-electron chi connectivity index (χ4n) is 1.52. The molecule has 2 aromatic rings. The molecule has 1 heterocycles. The third-order valence-corrected chi connectivity index (χ3v) is 3.92. The van der Waals surface area contributed by atoms with Gasteiger partial charge in [-0.25, -0.2) is 4.79 Å². The molecule has 0 fully saturated rings. The van der Waals surface area contributed by atoms with Crippen molar-refractivity contribution in [3.8, 4) is 0 Å². The van der Waals surface area contributed by atoms with Crippen molar-refractivity contribution in [2.24, 2.45) is 0 Å². The van der Waals surface area contributed by atoms with Crippen LogP contribution in [0.1, 0.15) is 5.56 Å². The minimum atomic E-state index is -0.385. The maximum atomic E-state index is 11.4. The molecule has 1 aromatic heterocycles. The lowest BCUT2D eigenvalue weighted by Gasteiger charge is -2.05. The topological polar surface area (TPSA) is 39.4 Å². The van der Waals surface area contributed by atoms with Gasteiger partial charge in [0.25, 0.3) is 0 Å². The first-order valence-electron chi connectivity index (χ1n) is 5.03. The van der Waals surface area contributed by atoms with Gasteiger partial charge >= 0.3 is 5.63 Å². The van der Waals surface area contributed by atoms with Gasteiger partial charge in [-0.1, -0.05) is 23.4 Å². The molecule has 0 saturated carbocycles. The van der Waals surface area contributed by atoms with Gasteiger partial charge in [-0.05, 0) is 36.0 Å². The van der Waals surface area contributed by atoms with E-state index in [1.807, 2.05) is 0 Å². The smallest absolute Gasteiger partial charge is 0.336 e. The Hall–Kier alpha value is -1.04. The first kappa shape index (κ1) is 13.4. The minimum Gasteiger partial charge on any atom is -0.482 e. The Bertz CT molecular complexity index is 651.